The standard InChI is InChI=1S/C18H15N7O/c19-16(26)13-8-4-7-12-14(13)24-25-15(12)17-21-10-22-18(23-17)20-9-11-5-2-1-3-6-11/h1-8,10H,9H2,(H2,19,26)(H,24,25)(H,20,21,22,23). The number of nitrogens with two attached hydrogens (primary N) is 1. The quantitative estimate of drug-likeness (QED) is 0.509. The highest BCUT2D eigenvalue weighted by atomic mass is 16.1. The molecule has 2 heterocycles. The van der Waals surface area contributed by atoms with Crippen molar-refractivity contribution in [2.45, 2.75) is 6.54 Å². The van der Waals surface area contributed by atoms with Gasteiger partial charge in [-0.05, 0) is 11.6 Å². The van der Waals surface area contributed by atoms with E-state index in [1.54, 1.807) is 12.1 Å². The molecule has 0 radical (unpaired) electrons. The van der Waals surface area contributed by atoms with Gasteiger partial charge >= 0.3 is 0 Å². The fraction of sp³-hybridized carbons (Fsp3) is 0.0556. The highest BCUT2D eigenvalue weighted by molar-refractivity contribution is 6.07. The number of primary amides is 1. The van der Waals surface area contributed by atoms with Crippen LogP contribution >= 0.6 is 0 Å². The van der Waals surface area contributed by atoms with Gasteiger partial charge in [0.2, 0.25) is 5.95 Å². The second-order valence-corrected chi connectivity index (χ2v) is 5.64. The predicted octanol–water partition coefficient (Wildman–Crippen LogP) is 2.13. The van der Waals surface area contributed by atoms with Crippen molar-refractivity contribution in [3.63, 3.8) is 0 Å². The third kappa shape index (κ3) is 2.95. The van der Waals surface area contributed by atoms with Gasteiger partial charge in [0.1, 0.15) is 12.0 Å². The SMILES string of the molecule is NC(=O)c1cccc2c(-c3ncnc(NCc4ccccc4)n3)n[nH]c12. The summed E-state index contributed by atoms with van der Waals surface area (Å²) in [5.41, 5.74) is 8.00. The van der Waals surface area contributed by atoms with E-state index < -0.39 is 5.91 Å². The Bertz CT molecular complexity index is 1080. The largest absolute Gasteiger partial charge is 0.366 e. The molecule has 4 N–H and O–H groups in total. The van der Waals surface area contributed by atoms with Gasteiger partial charge in [0.15, 0.2) is 5.82 Å². The normalized spacial score (nSPS) is 10.8. The van der Waals surface area contributed by atoms with Crippen LogP contribution in [0.25, 0.3) is 22.4 Å². The van der Waals surface area contributed by atoms with Crippen LogP contribution in [0.3, 0.4) is 0 Å². The molecule has 8 nitrogen and oxygen atoms in total. The van der Waals surface area contributed by atoms with Crippen molar-refractivity contribution in [3.05, 3.63) is 66.0 Å². The molecule has 0 bridgehead atoms. The van der Waals surface area contributed by atoms with E-state index in [9.17, 15) is 4.79 Å². The molecule has 0 atom stereocenters. The average molecular weight is 345 g/mol. The molecule has 0 aliphatic rings. The van der Waals surface area contributed by atoms with Crippen molar-refractivity contribution in [3.8, 4) is 11.5 Å². The van der Waals surface area contributed by atoms with Gasteiger partial charge in [0.25, 0.3) is 5.91 Å². The summed E-state index contributed by atoms with van der Waals surface area (Å²) in [6, 6.07) is 15.2. The molecule has 0 unspecified atom stereocenters. The summed E-state index contributed by atoms with van der Waals surface area (Å²) in [6.07, 6.45) is 1.42. The summed E-state index contributed by atoms with van der Waals surface area (Å²) >= 11 is 0. The number of nitrogens with zero attached hydrogens (tertiary/aromatic N) is 4. The monoisotopic (exact) mass is 345 g/mol. The number of aromatic amines is 1. The van der Waals surface area contributed by atoms with Gasteiger partial charge < -0.3 is 11.1 Å². The lowest BCUT2D eigenvalue weighted by Crippen LogP contribution is -2.11. The van der Waals surface area contributed by atoms with Gasteiger partial charge in [0, 0.05) is 11.9 Å². The first-order chi connectivity index (χ1) is 12.7. The van der Waals surface area contributed by atoms with Crippen LogP contribution in [0.5, 0.6) is 0 Å². The van der Waals surface area contributed by atoms with Crippen molar-refractivity contribution in [2.24, 2.45) is 5.73 Å². The Labute approximate surface area is 148 Å². The van der Waals surface area contributed by atoms with Gasteiger partial charge in [-0.1, -0.05) is 42.5 Å². The number of hydrogen-bond acceptors (Lipinski definition) is 6. The Morgan fingerprint density at radius 1 is 1.08 bits per heavy atom. The first kappa shape index (κ1) is 15.7. The Balaban J connectivity index is 1.65. The fourth-order valence-electron chi connectivity index (χ4n) is 2.69. The molecule has 128 valence electrons. The summed E-state index contributed by atoms with van der Waals surface area (Å²) in [4.78, 5) is 24.3. The van der Waals surface area contributed by atoms with Gasteiger partial charge in [-0.15, -0.1) is 0 Å². The number of amides is 1. The zero-order chi connectivity index (χ0) is 17.9. The first-order valence-corrected chi connectivity index (χ1v) is 7.96. The van der Waals surface area contributed by atoms with E-state index in [1.807, 2.05) is 36.4 Å². The number of fused-ring (bicyclic) bond motifs is 1. The maximum atomic E-state index is 11.6. The molecule has 0 aliphatic heterocycles. The molecule has 1 amide bonds. The van der Waals surface area contributed by atoms with Crippen molar-refractivity contribution >= 4 is 22.8 Å². The van der Waals surface area contributed by atoms with Crippen molar-refractivity contribution in [1.82, 2.24) is 25.1 Å². The lowest BCUT2D eigenvalue weighted by molar-refractivity contribution is 0.100. The lowest BCUT2D eigenvalue weighted by Gasteiger charge is -2.05. The molecule has 0 spiro atoms. The molecule has 0 aliphatic carbocycles. The minimum Gasteiger partial charge on any atom is -0.366 e. The summed E-state index contributed by atoms with van der Waals surface area (Å²) < 4.78 is 0. The van der Waals surface area contributed by atoms with Crippen molar-refractivity contribution in [2.75, 3.05) is 5.32 Å². The molecule has 0 fully saturated rings. The number of anilines is 1. The van der Waals surface area contributed by atoms with E-state index >= 15 is 0 Å². The van der Waals surface area contributed by atoms with Crippen LogP contribution in [-0.4, -0.2) is 31.1 Å². The number of rotatable bonds is 5. The number of carbonyl (C=O) groups excluding carboxylic acids is 1. The molecule has 2 aromatic carbocycles. The summed E-state index contributed by atoms with van der Waals surface area (Å²) in [7, 11) is 0. The first-order valence-electron chi connectivity index (χ1n) is 7.96. The van der Waals surface area contributed by atoms with Crippen LogP contribution in [0.15, 0.2) is 54.9 Å². The molecular formula is C18H15N7O. The molecule has 4 aromatic rings. The van der Waals surface area contributed by atoms with Crippen molar-refractivity contribution < 1.29 is 4.79 Å². The third-order valence-corrected chi connectivity index (χ3v) is 3.94. The summed E-state index contributed by atoms with van der Waals surface area (Å²) in [5.74, 6) is 0.330. The Morgan fingerprint density at radius 2 is 1.92 bits per heavy atom. The molecule has 0 saturated heterocycles. The minimum absolute atomic E-state index is 0.373. The minimum atomic E-state index is -0.522. The van der Waals surface area contributed by atoms with E-state index in [0.29, 0.717) is 35.1 Å². The number of H-pyrrole nitrogens is 1. The maximum Gasteiger partial charge on any atom is 0.250 e. The van der Waals surface area contributed by atoms with Gasteiger partial charge in [-0.25, -0.2) is 9.97 Å². The van der Waals surface area contributed by atoms with Crippen molar-refractivity contribution in [1.29, 1.82) is 0 Å². The lowest BCUT2D eigenvalue weighted by atomic mass is 10.1. The molecule has 8 heteroatoms. The van der Waals surface area contributed by atoms with Gasteiger partial charge in [-0.2, -0.15) is 10.1 Å². The summed E-state index contributed by atoms with van der Waals surface area (Å²) in [6.45, 7) is 0.595. The smallest absolute Gasteiger partial charge is 0.250 e. The van der Waals surface area contributed by atoms with Crippen LogP contribution in [0, 0.1) is 0 Å². The van der Waals surface area contributed by atoms with Crippen LogP contribution < -0.4 is 11.1 Å². The van der Waals surface area contributed by atoms with Gasteiger partial charge in [-0.3, -0.25) is 9.89 Å². The highest BCUT2D eigenvalue weighted by Gasteiger charge is 2.15. The topological polar surface area (TPSA) is 122 Å². The van der Waals surface area contributed by atoms with Crippen LogP contribution in [0.4, 0.5) is 5.95 Å². The van der Waals surface area contributed by atoms with E-state index in [4.69, 9.17) is 5.73 Å². The molecule has 4 rings (SSSR count). The van der Waals surface area contributed by atoms with Crippen LogP contribution in [-0.2, 0) is 6.54 Å². The number of carbonyl (C=O) groups is 1. The molecular weight excluding hydrogens is 330 g/mol. The van der Waals surface area contributed by atoms with E-state index in [1.165, 1.54) is 6.33 Å². The fourth-order valence-corrected chi connectivity index (χ4v) is 2.69. The van der Waals surface area contributed by atoms with Gasteiger partial charge in [0.05, 0.1) is 11.1 Å². The zero-order valence-electron chi connectivity index (χ0n) is 13.7. The zero-order valence-corrected chi connectivity index (χ0v) is 13.7. The highest BCUT2D eigenvalue weighted by Crippen LogP contribution is 2.25. The second-order valence-electron chi connectivity index (χ2n) is 5.64. The molecule has 26 heavy (non-hydrogen) atoms. The average Bonchev–Trinajstić information content (AvgIpc) is 3.11. The number of aromatic nitrogens is 5. The second kappa shape index (κ2) is 6.60. The maximum absolute atomic E-state index is 11.6. The number of nitrogens with one attached hydrogen (secondary N) is 2. The summed E-state index contributed by atoms with van der Waals surface area (Å²) in [5, 5.41) is 11.0. The number of para-hydroxylation sites is 1. The Kier molecular flexibility index (Phi) is 3.98. The van der Waals surface area contributed by atoms with E-state index in [2.05, 4.69) is 30.5 Å². The van der Waals surface area contributed by atoms with Crippen LogP contribution in [0.2, 0.25) is 0 Å². The predicted molar refractivity (Wildman–Crippen MR) is 97.2 cm³/mol. The number of hydrogen-bond donors (Lipinski definition) is 3. The third-order valence-electron chi connectivity index (χ3n) is 3.94. The number of benzene rings is 2. The Morgan fingerprint density at radius 3 is 2.73 bits per heavy atom. The molecule has 0 saturated carbocycles. The van der Waals surface area contributed by atoms with Crippen LogP contribution in [0.1, 0.15) is 15.9 Å². The molecule has 2 aromatic heterocycles. The van der Waals surface area contributed by atoms with E-state index in [-0.39, 0.29) is 0 Å². The Hall–Kier alpha value is -3.81. The van der Waals surface area contributed by atoms with E-state index in [0.717, 1.165) is 10.9 Å².